The molecule has 0 saturated carbocycles. The molecule has 5 heteroatoms. The van der Waals surface area contributed by atoms with Gasteiger partial charge in [0.15, 0.2) is 0 Å². The summed E-state index contributed by atoms with van der Waals surface area (Å²) in [6.45, 7) is 1.13. The van der Waals surface area contributed by atoms with Gasteiger partial charge in [-0.25, -0.2) is 0 Å². The lowest BCUT2D eigenvalue weighted by atomic mass is 9.91. The molecule has 1 saturated heterocycles. The Kier molecular flexibility index (Phi) is 4.31. The van der Waals surface area contributed by atoms with Crippen LogP contribution in [0.1, 0.15) is 12.8 Å². The monoisotopic (exact) mass is 203 g/mol. The Morgan fingerprint density at radius 3 is 2.71 bits per heavy atom. The Balaban J connectivity index is 2.47. The number of nitrogens with one attached hydrogen (secondary N) is 1. The van der Waals surface area contributed by atoms with Crippen molar-refractivity contribution < 1.29 is 19.4 Å². The van der Waals surface area contributed by atoms with Gasteiger partial charge in [-0.2, -0.15) is 0 Å². The van der Waals surface area contributed by atoms with Crippen molar-refractivity contribution in [1.29, 1.82) is 0 Å². The molecule has 2 N–H and O–H groups in total. The van der Waals surface area contributed by atoms with Gasteiger partial charge in [-0.05, 0) is 12.8 Å². The predicted molar refractivity (Wildman–Crippen MR) is 49.9 cm³/mol. The number of hydrogen-bond acceptors (Lipinski definition) is 4. The normalized spacial score (nSPS) is 20.4. The Labute approximate surface area is 83.4 Å². The van der Waals surface area contributed by atoms with Crippen LogP contribution in [0, 0.1) is 0 Å². The summed E-state index contributed by atoms with van der Waals surface area (Å²) in [6.07, 6.45) is 1.30. The van der Waals surface area contributed by atoms with Gasteiger partial charge in [-0.3, -0.25) is 4.79 Å². The minimum atomic E-state index is -0.506. The maximum absolute atomic E-state index is 11.3. The molecule has 0 aromatic rings. The van der Waals surface area contributed by atoms with Gasteiger partial charge in [-0.1, -0.05) is 0 Å². The second-order valence-corrected chi connectivity index (χ2v) is 3.53. The van der Waals surface area contributed by atoms with Crippen LogP contribution in [0.4, 0.5) is 0 Å². The number of hydrogen-bond donors (Lipinski definition) is 2. The van der Waals surface area contributed by atoms with Crippen molar-refractivity contribution in [3.63, 3.8) is 0 Å². The summed E-state index contributed by atoms with van der Waals surface area (Å²) in [4.78, 5) is 11.3. The van der Waals surface area contributed by atoms with E-state index in [0.29, 0.717) is 26.1 Å². The summed E-state index contributed by atoms with van der Waals surface area (Å²) in [6, 6.07) is 0. The molecule has 1 heterocycles. The second-order valence-electron chi connectivity index (χ2n) is 3.53. The van der Waals surface area contributed by atoms with Crippen LogP contribution in [0.25, 0.3) is 0 Å². The third-order valence-electron chi connectivity index (χ3n) is 2.43. The van der Waals surface area contributed by atoms with Crippen LogP contribution < -0.4 is 5.32 Å². The van der Waals surface area contributed by atoms with Crippen LogP contribution in [0.15, 0.2) is 0 Å². The number of methoxy groups -OCH3 is 1. The van der Waals surface area contributed by atoms with Crippen molar-refractivity contribution in [2.45, 2.75) is 18.4 Å². The van der Waals surface area contributed by atoms with Gasteiger partial charge in [0.25, 0.3) is 0 Å². The lowest BCUT2D eigenvalue weighted by molar-refractivity contribution is -0.128. The lowest BCUT2D eigenvalue weighted by Gasteiger charge is -2.36. The molecule has 5 nitrogen and oxygen atoms in total. The smallest absolute Gasteiger partial charge is 0.246 e. The van der Waals surface area contributed by atoms with Crippen molar-refractivity contribution >= 4 is 5.91 Å². The highest BCUT2D eigenvalue weighted by atomic mass is 16.5. The van der Waals surface area contributed by atoms with Crippen LogP contribution in [-0.4, -0.2) is 50.1 Å². The van der Waals surface area contributed by atoms with Crippen LogP contribution in [0.2, 0.25) is 0 Å². The number of ether oxygens (including phenoxy) is 2. The molecule has 0 unspecified atom stereocenters. The van der Waals surface area contributed by atoms with Gasteiger partial charge in [0.2, 0.25) is 5.91 Å². The van der Waals surface area contributed by atoms with Gasteiger partial charge in [0.05, 0.1) is 12.1 Å². The molecule has 0 radical (unpaired) electrons. The molecule has 0 atom stereocenters. The standard InChI is InChI=1S/C9H17NO4/c1-13-6-8(12)10-9(7-11)2-4-14-5-3-9/h11H,2-7H2,1H3,(H,10,12). The van der Waals surface area contributed by atoms with E-state index < -0.39 is 5.54 Å². The van der Waals surface area contributed by atoms with Gasteiger partial charge in [-0.15, -0.1) is 0 Å². The highest BCUT2D eigenvalue weighted by Crippen LogP contribution is 2.19. The van der Waals surface area contributed by atoms with E-state index in [4.69, 9.17) is 9.47 Å². The third kappa shape index (κ3) is 2.94. The molecule has 0 aromatic heterocycles. The summed E-state index contributed by atoms with van der Waals surface area (Å²) in [5.74, 6) is -0.191. The molecule has 14 heavy (non-hydrogen) atoms. The van der Waals surface area contributed by atoms with Crippen molar-refractivity contribution in [2.75, 3.05) is 33.5 Å². The van der Waals surface area contributed by atoms with Crippen molar-refractivity contribution in [1.82, 2.24) is 5.32 Å². The van der Waals surface area contributed by atoms with Crippen molar-refractivity contribution in [2.24, 2.45) is 0 Å². The largest absolute Gasteiger partial charge is 0.394 e. The highest BCUT2D eigenvalue weighted by molar-refractivity contribution is 5.78. The summed E-state index contributed by atoms with van der Waals surface area (Å²) >= 11 is 0. The minimum absolute atomic E-state index is 0.0304. The Morgan fingerprint density at radius 1 is 1.57 bits per heavy atom. The van der Waals surface area contributed by atoms with E-state index in [1.54, 1.807) is 0 Å². The fraction of sp³-hybridized carbons (Fsp3) is 0.889. The van der Waals surface area contributed by atoms with Crippen LogP contribution in [0.3, 0.4) is 0 Å². The van der Waals surface area contributed by atoms with Gasteiger partial charge in [0.1, 0.15) is 6.61 Å². The highest BCUT2D eigenvalue weighted by Gasteiger charge is 2.33. The van der Waals surface area contributed by atoms with E-state index in [9.17, 15) is 9.90 Å². The number of rotatable bonds is 4. The lowest BCUT2D eigenvalue weighted by Crippen LogP contribution is -2.55. The number of carbonyl (C=O) groups excluding carboxylic acids is 1. The Hall–Kier alpha value is -0.650. The molecular formula is C9H17NO4. The van der Waals surface area contributed by atoms with E-state index in [1.807, 2.05) is 0 Å². The topological polar surface area (TPSA) is 67.8 Å². The SMILES string of the molecule is COCC(=O)NC1(CO)CCOCC1. The van der Waals surface area contributed by atoms with Gasteiger partial charge in [0, 0.05) is 20.3 Å². The summed E-state index contributed by atoms with van der Waals surface area (Å²) in [7, 11) is 1.47. The molecular weight excluding hydrogens is 186 g/mol. The minimum Gasteiger partial charge on any atom is -0.394 e. The Bertz CT molecular complexity index is 189. The quantitative estimate of drug-likeness (QED) is 0.633. The predicted octanol–water partition coefficient (Wildman–Crippen LogP) is -0.709. The molecule has 0 spiro atoms. The van der Waals surface area contributed by atoms with Crippen LogP contribution in [0.5, 0.6) is 0 Å². The zero-order valence-electron chi connectivity index (χ0n) is 8.41. The van der Waals surface area contributed by atoms with Crippen molar-refractivity contribution in [3.05, 3.63) is 0 Å². The number of carbonyl (C=O) groups is 1. The van der Waals surface area contributed by atoms with E-state index >= 15 is 0 Å². The van der Waals surface area contributed by atoms with Gasteiger partial charge >= 0.3 is 0 Å². The van der Waals surface area contributed by atoms with E-state index in [2.05, 4.69) is 5.32 Å². The molecule has 1 fully saturated rings. The number of aliphatic hydroxyl groups excluding tert-OH is 1. The number of amides is 1. The zero-order chi connectivity index (χ0) is 10.4. The molecule has 0 bridgehead atoms. The first-order valence-electron chi connectivity index (χ1n) is 4.71. The van der Waals surface area contributed by atoms with Gasteiger partial charge < -0.3 is 19.9 Å². The van der Waals surface area contributed by atoms with Crippen LogP contribution >= 0.6 is 0 Å². The molecule has 1 rings (SSSR count). The molecule has 82 valence electrons. The van der Waals surface area contributed by atoms with E-state index in [1.165, 1.54) is 7.11 Å². The first-order chi connectivity index (χ1) is 6.72. The average molecular weight is 203 g/mol. The van der Waals surface area contributed by atoms with Crippen LogP contribution in [-0.2, 0) is 14.3 Å². The maximum Gasteiger partial charge on any atom is 0.246 e. The molecule has 1 amide bonds. The maximum atomic E-state index is 11.3. The van der Waals surface area contributed by atoms with E-state index in [-0.39, 0.29) is 19.1 Å². The van der Waals surface area contributed by atoms with Crippen molar-refractivity contribution in [3.8, 4) is 0 Å². The third-order valence-corrected chi connectivity index (χ3v) is 2.43. The summed E-state index contributed by atoms with van der Waals surface area (Å²) in [5.41, 5.74) is -0.506. The fourth-order valence-electron chi connectivity index (χ4n) is 1.55. The first kappa shape index (κ1) is 11.4. The zero-order valence-corrected chi connectivity index (χ0v) is 8.41. The van der Waals surface area contributed by atoms with E-state index in [0.717, 1.165) is 0 Å². The molecule has 1 aliphatic heterocycles. The molecule has 0 aromatic carbocycles. The summed E-state index contributed by atoms with van der Waals surface area (Å²) in [5, 5.41) is 12.0. The molecule has 1 aliphatic rings. The fourth-order valence-corrected chi connectivity index (χ4v) is 1.55. The second kappa shape index (κ2) is 5.29. The first-order valence-corrected chi connectivity index (χ1v) is 4.71. The number of aliphatic hydroxyl groups is 1. The molecule has 0 aliphatic carbocycles. The summed E-state index contributed by atoms with van der Waals surface area (Å²) < 4.78 is 9.88. The average Bonchev–Trinajstić information content (AvgIpc) is 2.19. The Morgan fingerprint density at radius 2 is 2.21 bits per heavy atom.